The van der Waals surface area contributed by atoms with E-state index < -0.39 is 0 Å². The van der Waals surface area contributed by atoms with Gasteiger partial charge in [0.2, 0.25) is 0 Å². The van der Waals surface area contributed by atoms with Gasteiger partial charge in [-0.2, -0.15) is 0 Å². The first-order chi connectivity index (χ1) is 12.7. The highest BCUT2D eigenvalue weighted by molar-refractivity contribution is 5.81. The molecule has 26 heavy (non-hydrogen) atoms. The number of benzene rings is 2. The number of piperazine rings is 1. The summed E-state index contributed by atoms with van der Waals surface area (Å²) in [7, 11) is 1.65. The summed E-state index contributed by atoms with van der Waals surface area (Å²) in [5.41, 5.74) is 1.57. The smallest absolute Gasteiger partial charge is 0.260 e. The van der Waals surface area contributed by atoms with E-state index in [1.165, 1.54) is 0 Å². The molecular formula is C20H22N2O4. The molecule has 0 aliphatic carbocycles. The zero-order chi connectivity index (χ0) is 18.4. The van der Waals surface area contributed by atoms with Crippen LogP contribution in [0.3, 0.4) is 0 Å². The number of para-hydroxylation sites is 1. The quantitative estimate of drug-likeness (QED) is 0.745. The third kappa shape index (κ3) is 4.14. The van der Waals surface area contributed by atoms with Crippen LogP contribution in [0.2, 0.25) is 0 Å². The predicted octanol–water partition coefficient (Wildman–Crippen LogP) is 2.24. The zero-order valence-corrected chi connectivity index (χ0v) is 14.8. The summed E-state index contributed by atoms with van der Waals surface area (Å²) >= 11 is 0. The van der Waals surface area contributed by atoms with Gasteiger partial charge in [-0.05, 0) is 36.4 Å². The van der Waals surface area contributed by atoms with Crippen molar-refractivity contribution >= 4 is 17.9 Å². The van der Waals surface area contributed by atoms with Crippen LogP contribution in [0.1, 0.15) is 10.4 Å². The lowest BCUT2D eigenvalue weighted by Gasteiger charge is -2.36. The first-order valence-electron chi connectivity index (χ1n) is 8.55. The highest BCUT2D eigenvalue weighted by Gasteiger charge is 2.21. The fourth-order valence-electron chi connectivity index (χ4n) is 2.95. The average molecular weight is 354 g/mol. The first-order valence-corrected chi connectivity index (χ1v) is 8.55. The van der Waals surface area contributed by atoms with E-state index in [2.05, 4.69) is 4.90 Å². The Balaban J connectivity index is 1.51. The number of anilines is 1. The number of rotatable bonds is 6. The first kappa shape index (κ1) is 17.8. The van der Waals surface area contributed by atoms with E-state index >= 15 is 0 Å². The van der Waals surface area contributed by atoms with Gasteiger partial charge in [0.15, 0.2) is 12.9 Å². The van der Waals surface area contributed by atoms with Crippen molar-refractivity contribution in [2.45, 2.75) is 0 Å². The number of hydrogen-bond acceptors (Lipinski definition) is 5. The molecule has 1 saturated heterocycles. The number of hydrogen-bond donors (Lipinski definition) is 0. The lowest BCUT2D eigenvalue weighted by atomic mass is 10.2. The minimum absolute atomic E-state index is 0.0621. The Hall–Kier alpha value is -3.02. The molecule has 1 fully saturated rings. The number of nitrogens with zero attached hydrogens (tertiary/aromatic N) is 2. The molecule has 0 atom stereocenters. The molecule has 6 nitrogen and oxygen atoms in total. The molecule has 0 spiro atoms. The van der Waals surface area contributed by atoms with Crippen molar-refractivity contribution in [2.24, 2.45) is 0 Å². The lowest BCUT2D eigenvalue weighted by Crippen LogP contribution is -2.50. The minimum atomic E-state index is -0.0694. The number of aldehydes is 1. The molecule has 1 aliphatic heterocycles. The van der Waals surface area contributed by atoms with Crippen LogP contribution < -0.4 is 14.4 Å². The van der Waals surface area contributed by atoms with E-state index in [4.69, 9.17) is 9.47 Å². The molecular weight excluding hydrogens is 332 g/mol. The van der Waals surface area contributed by atoms with Crippen LogP contribution in [-0.4, -0.2) is 57.0 Å². The van der Waals surface area contributed by atoms with Gasteiger partial charge in [0.05, 0.1) is 12.7 Å². The third-order valence-corrected chi connectivity index (χ3v) is 4.47. The van der Waals surface area contributed by atoms with Crippen molar-refractivity contribution in [3.8, 4) is 11.5 Å². The van der Waals surface area contributed by atoms with Crippen molar-refractivity contribution in [3.63, 3.8) is 0 Å². The van der Waals surface area contributed by atoms with Crippen LogP contribution in [0.15, 0.2) is 48.5 Å². The molecule has 0 N–H and O–H groups in total. The Kier molecular flexibility index (Phi) is 5.73. The normalized spacial score (nSPS) is 14.0. The van der Waals surface area contributed by atoms with Crippen molar-refractivity contribution in [1.29, 1.82) is 0 Å². The van der Waals surface area contributed by atoms with Crippen LogP contribution >= 0.6 is 0 Å². The molecule has 136 valence electrons. The Morgan fingerprint density at radius 2 is 1.73 bits per heavy atom. The SMILES string of the molecule is COc1ccc(N2CCN(C(=O)COc3ccccc3C=O)CC2)cc1. The second kappa shape index (κ2) is 8.38. The maximum atomic E-state index is 12.4. The highest BCUT2D eigenvalue weighted by Crippen LogP contribution is 2.21. The molecule has 0 aromatic heterocycles. The molecule has 0 radical (unpaired) electrons. The molecule has 0 bridgehead atoms. The molecule has 1 amide bonds. The molecule has 3 rings (SSSR count). The molecule has 2 aromatic rings. The maximum Gasteiger partial charge on any atom is 0.260 e. The highest BCUT2D eigenvalue weighted by atomic mass is 16.5. The van der Waals surface area contributed by atoms with Crippen LogP contribution in [0.25, 0.3) is 0 Å². The largest absolute Gasteiger partial charge is 0.497 e. The number of methoxy groups -OCH3 is 1. The van der Waals surface area contributed by atoms with Gasteiger partial charge in [0.1, 0.15) is 11.5 Å². The summed E-state index contributed by atoms with van der Waals surface area (Å²) in [6.07, 6.45) is 0.730. The summed E-state index contributed by atoms with van der Waals surface area (Å²) < 4.78 is 10.7. The van der Waals surface area contributed by atoms with Crippen molar-refractivity contribution < 1.29 is 19.1 Å². The molecule has 6 heteroatoms. The summed E-state index contributed by atoms with van der Waals surface area (Å²) in [5, 5.41) is 0. The Morgan fingerprint density at radius 3 is 2.38 bits per heavy atom. The summed E-state index contributed by atoms with van der Waals surface area (Å²) in [6, 6.07) is 14.8. The maximum absolute atomic E-state index is 12.4. The van der Waals surface area contributed by atoms with Crippen molar-refractivity contribution in [2.75, 3.05) is 44.8 Å². The predicted molar refractivity (Wildman–Crippen MR) is 99.1 cm³/mol. The topological polar surface area (TPSA) is 59.1 Å². The standard InChI is InChI=1S/C20H22N2O4/c1-25-18-8-6-17(7-9-18)21-10-12-22(13-11-21)20(24)15-26-19-5-3-2-4-16(19)14-23/h2-9,14H,10-13,15H2,1H3. The fraction of sp³-hybridized carbons (Fsp3) is 0.300. The molecule has 1 heterocycles. The van der Waals surface area contributed by atoms with Crippen LogP contribution in [0, 0.1) is 0 Å². The van der Waals surface area contributed by atoms with E-state index in [0.717, 1.165) is 30.8 Å². The van der Waals surface area contributed by atoms with Gasteiger partial charge in [-0.15, -0.1) is 0 Å². The van der Waals surface area contributed by atoms with Gasteiger partial charge in [-0.3, -0.25) is 9.59 Å². The molecule has 1 aliphatic rings. The van der Waals surface area contributed by atoms with Crippen molar-refractivity contribution in [3.05, 3.63) is 54.1 Å². The number of carbonyl (C=O) groups excluding carboxylic acids is 2. The van der Waals surface area contributed by atoms with Gasteiger partial charge in [-0.1, -0.05) is 12.1 Å². The lowest BCUT2D eigenvalue weighted by molar-refractivity contribution is -0.133. The number of ether oxygens (including phenoxy) is 2. The third-order valence-electron chi connectivity index (χ3n) is 4.47. The summed E-state index contributed by atoms with van der Waals surface area (Å²) in [4.78, 5) is 27.4. The van der Waals surface area contributed by atoms with Crippen LogP contribution in [0.4, 0.5) is 5.69 Å². The second-order valence-corrected chi connectivity index (χ2v) is 6.01. The number of carbonyl (C=O) groups is 2. The van der Waals surface area contributed by atoms with Gasteiger partial charge in [0.25, 0.3) is 5.91 Å². The van der Waals surface area contributed by atoms with Gasteiger partial charge in [-0.25, -0.2) is 0 Å². The zero-order valence-electron chi connectivity index (χ0n) is 14.8. The van der Waals surface area contributed by atoms with E-state index in [9.17, 15) is 9.59 Å². The van der Waals surface area contributed by atoms with Gasteiger partial charge >= 0.3 is 0 Å². The molecule has 2 aromatic carbocycles. The fourth-order valence-corrected chi connectivity index (χ4v) is 2.95. The second-order valence-electron chi connectivity index (χ2n) is 6.01. The van der Waals surface area contributed by atoms with Crippen LogP contribution in [0.5, 0.6) is 11.5 Å². The van der Waals surface area contributed by atoms with Gasteiger partial charge in [0, 0.05) is 31.9 Å². The monoisotopic (exact) mass is 354 g/mol. The Bertz CT molecular complexity index is 753. The van der Waals surface area contributed by atoms with Crippen molar-refractivity contribution in [1.82, 2.24) is 4.90 Å². The van der Waals surface area contributed by atoms with E-state index in [0.29, 0.717) is 24.4 Å². The number of amides is 1. The Labute approximate surface area is 152 Å². The van der Waals surface area contributed by atoms with Gasteiger partial charge < -0.3 is 19.3 Å². The van der Waals surface area contributed by atoms with E-state index in [1.807, 2.05) is 24.3 Å². The average Bonchev–Trinajstić information content (AvgIpc) is 2.72. The van der Waals surface area contributed by atoms with E-state index in [-0.39, 0.29) is 12.5 Å². The van der Waals surface area contributed by atoms with Crippen LogP contribution in [-0.2, 0) is 4.79 Å². The van der Waals surface area contributed by atoms with E-state index in [1.54, 1.807) is 36.3 Å². The summed E-state index contributed by atoms with van der Waals surface area (Å²) in [6.45, 7) is 2.76. The molecule has 0 unspecified atom stereocenters. The molecule has 0 saturated carbocycles. The summed E-state index contributed by atoms with van der Waals surface area (Å²) in [5.74, 6) is 1.20. The minimum Gasteiger partial charge on any atom is -0.497 e. The Morgan fingerprint density at radius 1 is 1.04 bits per heavy atom.